The molecular formula is C13H15N3O. The number of amidine groups is 1. The van der Waals surface area contributed by atoms with Crippen molar-refractivity contribution in [3.05, 3.63) is 35.4 Å². The van der Waals surface area contributed by atoms with E-state index >= 15 is 0 Å². The Labute approximate surface area is 100 Å². The van der Waals surface area contributed by atoms with Crippen molar-refractivity contribution >= 4 is 11.5 Å². The van der Waals surface area contributed by atoms with Gasteiger partial charge in [0, 0.05) is 25.2 Å². The molecule has 3 rings (SSSR count). The molecule has 0 fully saturated rings. The van der Waals surface area contributed by atoms with Gasteiger partial charge in [0.2, 0.25) is 0 Å². The molecule has 4 nitrogen and oxygen atoms in total. The maximum atomic E-state index is 9.28. The van der Waals surface area contributed by atoms with Gasteiger partial charge in [0.25, 0.3) is 0 Å². The molecule has 0 atom stereocenters. The van der Waals surface area contributed by atoms with E-state index in [1.54, 1.807) is 0 Å². The molecule has 0 spiro atoms. The highest BCUT2D eigenvalue weighted by atomic mass is 16.4. The van der Waals surface area contributed by atoms with E-state index in [1.807, 2.05) is 18.2 Å². The molecule has 17 heavy (non-hydrogen) atoms. The van der Waals surface area contributed by atoms with Gasteiger partial charge < -0.3 is 10.1 Å². The lowest BCUT2D eigenvalue weighted by atomic mass is 10.0. The third-order valence-corrected chi connectivity index (χ3v) is 3.38. The summed E-state index contributed by atoms with van der Waals surface area (Å²) < 4.78 is 0. The Kier molecular flexibility index (Phi) is 2.55. The lowest BCUT2D eigenvalue weighted by Gasteiger charge is -2.27. The average Bonchev–Trinajstić information content (AvgIpc) is 2.55. The summed E-state index contributed by atoms with van der Waals surface area (Å²) in [7, 11) is 0. The highest BCUT2D eigenvalue weighted by molar-refractivity contribution is 6.47. The molecule has 4 heteroatoms. The average molecular weight is 229 g/mol. The van der Waals surface area contributed by atoms with Gasteiger partial charge in [-0.15, -0.1) is 0 Å². The Balaban J connectivity index is 2.14. The molecule has 1 aromatic rings. The third-order valence-electron chi connectivity index (χ3n) is 3.38. The van der Waals surface area contributed by atoms with Gasteiger partial charge >= 0.3 is 0 Å². The largest absolute Gasteiger partial charge is 0.410 e. The molecule has 0 aliphatic carbocycles. The molecule has 0 radical (unpaired) electrons. The first-order chi connectivity index (χ1) is 8.40. The molecule has 1 aromatic carbocycles. The van der Waals surface area contributed by atoms with E-state index in [9.17, 15) is 5.21 Å². The van der Waals surface area contributed by atoms with Gasteiger partial charge in [0.05, 0.1) is 0 Å². The summed E-state index contributed by atoms with van der Waals surface area (Å²) >= 11 is 0. The van der Waals surface area contributed by atoms with Crippen molar-refractivity contribution in [1.82, 2.24) is 4.90 Å². The van der Waals surface area contributed by atoms with Crippen LogP contribution in [0.1, 0.15) is 17.5 Å². The fraction of sp³-hybridized carbons (Fsp3) is 0.385. The lowest BCUT2D eigenvalue weighted by Crippen LogP contribution is -2.40. The summed E-state index contributed by atoms with van der Waals surface area (Å²) in [6.45, 7) is 2.79. The van der Waals surface area contributed by atoms with Crippen LogP contribution in [0.4, 0.5) is 0 Å². The van der Waals surface area contributed by atoms with Crippen molar-refractivity contribution < 1.29 is 5.21 Å². The predicted molar refractivity (Wildman–Crippen MR) is 67.0 cm³/mol. The van der Waals surface area contributed by atoms with Crippen LogP contribution in [-0.2, 0) is 6.42 Å². The SMILES string of the molecule is O/N=C1/C2=NCCCN2CCc2ccccc21. The molecule has 2 aliphatic rings. The first-order valence-electron chi connectivity index (χ1n) is 6.00. The van der Waals surface area contributed by atoms with Gasteiger partial charge in [-0.3, -0.25) is 4.99 Å². The van der Waals surface area contributed by atoms with Gasteiger partial charge in [0.15, 0.2) is 11.5 Å². The molecule has 0 saturated carbocycles. The smallest absolute Gasteiger partial charge is 0.154 e. The van der Waals surface area contributed by atoms with Crippen molar-refractivity contribution in [3.8, 4) is 0 Å². The molecule has 1 N–H and O–H groups in total. The zero-order chi connectivity index (χ0) is 11.7. The molecule has 88 valence electrons. The van der Waals surface area contributed by atoms with Crippen LogP contribution in [-0.4, -0.2) is 41.3 Å². The van der Waals surface area contributed by atoms with E-state index in [4.69, 9.17) is 0 Å². The van der Waals surface area contributed by atoms with E-state index in [-0.39, 0.29) is 0 Å². The van der Waals surface area contributed by atoms with Crippen LogP contribution in [0.2, 0.25) is 0 Å². The summed E-state index contributed by atoms with van der Waals surface area (Å²) in [5.41, 5.74) is 2.87. The minimum absolute atomic E-state index is 0.623. The lowest BCUT2D eigenvalue weighted by molar-refractivity contribution is 0.319. The third kappa shape index (κ3) is 1.69. The van der Waals surface area contributed by atoms with Crippen molar-refractivity contribution in [2.24, 2.45) is 10.1 Å². The standard InChI is InChI=1S/C13H15N3O/c17-15-12-11-5-2-1-4-10(11)6-9-16-8-3-7-14-13(12)16/h1-2,4-5,17H,3,6-9H2/b15-12+. The van der Waals surface area contributed by atoms with Crippen molar-refractivity contribution in [2.75, 3.05) is 19.6 Å². The number of aliphatic imine (C=N–C) groups is 1. The Hall–Kier alpha value is -1.84. The summed E-state index contributed by atoms with van der Waals surface area (Å²) in [6.07, 6.45) is 2.06. The van der Waals surface area contributed by atoms with Crippen molar-refractivity contribution in [2.45, 2.75) is 12.8 Å². The second-order valence-corrected chi connectivity index (χ2v) is 4.40. The second-order valence-electron chi connectivity index (χ2n) is 4.40. The highest BCUT2D eigenvalue weighted by Crippen LogP contribution is 2.19. The van der Waals surface area contributed by atoms with E-state index in [1.165, 1.54) is 5.56 Å². The van der Waals surface area contributed by atoms with Crippen molar-refractivity contribution in [1.29, 1.82) is 0 Å². The number of benzene rings is 1. The molecule has 0 saturated heterocycles. The van der Waals surface area contributed by atoms with Crippen LogP contribution in [0.5, 0.6) is 0 Å². The van der Waals surface area contributed by atoms with Gasteiger partial charge in [-0.05, 0) is 18.4 Å². The predicted octanol–water partition coefficient (Wildman–Crippen LogP) is 1.53. The molecule has 0 amide bonds. The maximum Gasteiger partial charge on any atom is 0.154 e. The summed E-state index contributed by atoms with van der Waals surface area (Å²) in [6, 6.07) is 8.10. The number of rotatable bonds is 0. The van der Waals surface area contributed by atoms with E-state index in [2.05, 4.69) is 21.1 Å². The fourth-order valence-corrected chi connectivity index (χ4v) is 2.54. The highest BCUT2D eigenvalue weighted by Gasteiger charge is 2.26. The second kappa shape index (κ2) is 4.20. The molecule has 2 aliphatic heterocycles. The maximum absolute atomic E-state index is 9.28. The number of fused-ring (bicyclic) bond motifs is 2. The van der Waals surface area contributed by atoms with E-state index < -0.39 is 0 Å². The minimum atomic E-state index is 0.623. The molecule has 2 heterocycles. The Bertz CT molecular complexity index is 493. The summed E-state index contributed by atoms with van der Waals surface area (Å²) in [5.74, 6) is 0.851. The molecule has 0 unspecified atom stereocenters. The van der Waals surface area contributed by atoms with Crippen LogP contribution in [0.3, 0.4) is 0 Å². The van der Waals surface area contributed by atoms with E-state index in [0.717, 1.165) is 43.9 Å². The normalized spacial score (nSPS) is 21.5. The molecule has 0 bridgehead atoms. The summed E-state index contributed by atoms with van der Waals surface area (Å²) in [5, 5.41) is 12.8. The number of nitrogens with zero attached hydrogens (tertiary/aromatic N) is 3. The van der Waals surface area contributed by atoms with Crippen molar-refractivity contribution in [3.63, 3.8) is 0 Å². The first kappa shape index (κ1) is 10.3. The molecular weight excluding hydrogens is 214 g/mol. The Morgan fingerprint density at radius 2 is 2.12 bits per heavy atom. The minimum Gasteiger partial charge on any atom is -0.410 e. The van der Waals surface area contributed by atoms with Gasteiger partial charge in [-0.25, -0.2) is 0 Å². The monoisotopic (exact) mass is 229 g/mol. The van der Waals surface area contributed by atoms with Crippen LogP contribution in [0, 0.1) is 0 Å². The zero-order valence-electron chi connectivity index (χ0n) is 9.63. The van der Waals surface area contributed by atoms with Gasteiger partial charge in [0.1, 0.15) is 0 Å². The van der Waals surface area contributed by atoms with E-state index in [0.29, 0.717) is 5.71 Å². The Morgan fingerprint density at radius 1 is 1.24 bits per heavy atom. The first-order valence-corrected chi connectivity index (χ1v) is 6.00. The topological polar surface area (TPSA) is 48.2 Å². The summed E-state index contributed by atoms with van der Waals surface area (Å²) in [4.78, 5) is 6.74. The van der Waals surface area contributed by atoms with Crippen LogP contribution < -0.4 is 0 Å². The number of oxime groups is 1. The number of hydrogen-bond donors (Lipinski definition) is 1. The number of hydrogen-bond acceptors (Lipinski definition) is 4. The fourth-order valence-electron chi connectivity index (χ4n) is 2.54. The van der Waals surface area contributed by atoms with Gasteiger partial charge in [-0.2, -0.15) is 0 Å². The zero-order valence-corrected chi connectivity index (χ0v) is 9.63. The van der Waals surface area contributed by atoms with Gasteiger partial charge in [-0.1, -0.05) is 29.4 Å². The van der Waals surface area contributed by atoms with Crippen LogP contribution >= 0.6 is 0 Å². The molecule has 0 aromatic heterocycles. The Morgan fingerprint density at radius 3 is 3.00 bits per heavy atom. The quantitative estimate of drug-likeness (QED) is 0.541. The van der Waals surface area contributed by atoms with Crippen LogP contribution in [0.15, 0.2) is 34.4 Å². The van der Waals surface area contributed by atoms with Crippen LogP contribution in [0.25, 0.3) is 0 Å².